The summed E-state index contributed by atoms with van der Waals surface area (Å²) in [7, 11) is 0.435. The molecule has 34 heavy (non-hydrogen) atoms. The maximum absolute atomic E-state index is 13.8. The number of allylic oxidation sites excluding steroid dienone is 1. The van der Waals surface area contributed by atoms with Crippen molar-refractivity contribution in [3.63, 3.8) is 0 Å². The number of ether oxygens (including phenoxy) is 1. The number of rotatable bonds is 7. The summed E-state index contributed by atoms with van der Waals surface area (Å²) in [5.74, 6) is -0.888. The van der Waals surface area contributed by atoms with Crippen LogP contribution in [-0.2, 0) is 38.3 Å². The Hall–Kier alpha value is -2.37. The SMILES string of the molecule is CO[C@H]1C(=O)N2C(C(=O)C(C)(C)C)=C(CSc3nnnn3C)[C@@H](Sc3nnnn3C)S(=O)(=O)C12. The molecule has 4 heterocycles. The Balaban J connectivity index is 1.90. The number of amides is 1. The van der Waals surface area contributed by atoms with Crippen LogP contribution in [0.4, 0.5) is 0 Å². The zero-order chi connectivity index (χ0) is 25.0. The Labute approximate surface area is 203 Å². The molecule has 0 aromatic carbocycles. The molecule has 2 aliphatic rings. The van der Waals surface area contributed by atoms with Crippen molar-refractivity contribution in [3.8, 4) is 0 Å². The van der Waals surface area contributed by atoms with Crippen LogP contribution in [0.3, 0.4) is 0 Å². The molecule has 0 N–H and O–H groups in total. The number of carbonyl (C=O) groups is 2. The van der Waals surface area contributed by atoms with Crippen LogP contribution in [0.15, 0.2) is 21.6 Å². The highest BCUT2D eigenvalue weighted by Gasteiger charge is 2.64. The van der Waals surface area contributed by atoms with Gasteiger partial charge in [-0.3, -0.25) is 14.5 Å². The monoisotopic (exact) mass is 529 g/mol. The average Bonchev–Trinajstić information content (AvgIpc) is 3.35. The van der Waals surface area contributed by atoms with Crippen LogP contribution in [0.5, 0.6) is 0 Å². The zero-order valence-corrected chi connectivity index (χ0v) is 21.7. The number of sulfone groups is 1. The van der Waals surface area contributed by atoms with E-state index in [9.17, 15) is 18.0 Å². The quantitative estimate of drug-likeness (QED) is 0.330. The van der Waals surface area contributed by atoms with Gasteiger partial charge in [0.15, 0.2) is 27.1 Å². The number of β-lactam (4-membered cyclic amide) rings is 1. The number of aromatic nitrogens is 8. The Kier molecular flexibility index (Phi) is 6.32. The normalized spacial score (nSPS) is 24.2. The summed E-state index contributed by atoms with van der Waals surface area (Å²) >= 11 is 2.06. The molecule has 14 nitrogen and oxygen atoms in total. The minimum Gasteiger partial charge on any atom is -0.368 e. The molecule has 1 fully saturated rings. The van der Waals surface area contributed by atoms with E-state index in [0.717, 1.165) is 28.4 Å². The second kappa shape index (κ2) is 8.69. The van der Waals surface area contributed by atoms with E-state index >= 15 is 0 Å². The number of carbonyl (C=O) groups excluding carboxylic acids is 2. The molecule has 1 amide bonds. The lowest BCUT2D eigenvalue weighted by Crippen LogP contribution is -2.72. The van der Waals surface area contributed by atoms with Gasteiger partial charge >= 0.3 is 0 Å². The summed E-state index contributed by atoms with van der Waals surface area (Å²) < 4.78 is 34.4. The maximum atomic E-state index is 13.8. The van der Waals surface area contributed by atoms with Gasteiger partial charge in [-0.15, -0.1) is 10.2 Å². The van der Waals surface area contributed by atoms with E-state index in [1.807, 2.05) is 0 Å². The van der Waals surface area contributed by atoms with E-state index in [2.05, 4.69) is 31.1 Å². The molecular weight excluding hydrogens is 506 g/mol. The van der Waals surface area contributed by atoms with E-state index in [4.69, 9.17) is 4.74 Å². The Morgan fingerprint density at radius 3 is 2.18 bits per heavy atom. The van der Waals surface area contributed by atoms with Crippen LogP contribution in [0.25, 0.3) is 0 Å². The molecule has 0 radical (unpaired) electrons. The van der Waals surface area contributed by atoms with Crippen molar-refractivity contribution in [3.05, 3.63) is 11.3 Å². The molecule has 4 rings (SSSR count). The average molecular weight is 530 g/mol. The van der Waals surface area contributed by atoms with E-state index < -0.39 is 37.2 Å². The predicted molar refractivity (Wildman–Crippen MR) is 120 cm³/mol. The molecule has 0 spiro atoms. The number of methoxy groups -OCH3 is 1. The van der Waals surface area contributed by atoms with E-state index in [-0.39, 0.29) is 28.0 Å². The molecule has 184 valence electrons. The largest absolute Gasteiger partial charge is 0.368 e. The molecule has 0 aliphatic carbocycles. The van der Waals surface area contributed by atoms with Gasteiger partial charge in [0.2, 0.25) is 10.3 Å². The standard InChI is InChI=1S/C17H23N9O5S3/c1-17(2,3)11(27)9-8(7-32-15-18-20-22-24(15)4)14(33-16-19-21-23-25(16)5)34(29,30)13-10(31-6)12(28)26(9)13/h10,13-14H,7H2,1-6H3/t10-,13?,14-/m0/s1. The van der Waals surface area contributed by atoms with Gasteiger partial charge in [-0.2, -0.15) is 0 Å². The fraction of sp³-hybridized carbons (Fsp3) is 0.647. The number of hydrogen-bond acceptors (Lipinski definition) is 13. The molecule has 2 aromatic rings. The number of fused-ring (bicyclic) bond motifs is 1. The fourth-order valence-electron chi connectivity index (χ4n) is 3.59. The molecular formula is C17H23N9O5S3. The van der Waals surface area contributed by atoms with Crippen LogP contribution >= 0.6 is 23.5 Å². The number of nitrogens with zero attached hydrogens (tertiary/aromatic N) is 9. The van der Waals surface area contributed by atoms with Gasteiger partial charge in [0, 0.05) is 32.4 Å². The lowest BCUT2D eigenvalue weighted by molar-refractivity contribution is -0.161. The topological polar surface area (TPSA) is 168 Å². The number of tetrazole rings is 2. The lowest BCUT2D eigenvalue weighted by Gasteiger charge is -2.51. The van der Waals surface area contributed by atoms with Gasteiger partial charge < -0.3 is 4.74 Å². The molecule has 1 unspecified atom stereocenters. The van der Waals surface area contributed by atoms with Crippen molar-refractivity contribution in [2.45, 2.75) is 47.1 Å². The number of thioether (sulfide) groups is 2. The second-order valence-corrected chi connectivity index (χ2v) is 13.2. The van der Waals surface area contributed by atoms with Crippen LogP contribution in [0.1, 0.15) is 20.8 Å². The van der Waals surface area contributed by atoms with E-state index in [0.29, 0.717) is 5.16 Å². The third-order valence-corrected chi connectivity index (χ3v) is 10.6. The van der Waals surface area contributed by atoms with E-state index in [1.54, 1.807) is 34.9 Å². The van der Waals surface area contributed by atoms with Crippen molar-refractivity contribution >= 4 is 45.1 Å². The van der Waals surface area contributed by atoms with Crippen LogP contribution in [0, 0.1) is 5.41 Å². The summed E-state index contributed by atoms with van der Waals surface area (Å²) in [5.41, 5.74) is -0.579. The summed E-state index contributed by atoms with van der Waals surface area (Å²) in [6.45, 7) is 5.14. The summed E-state index contributed by atoms with van der Waals surface area (Å²) in [6, 6.07) is 0. The molecule has 1 saturated heterocycles. The van der Waals surface area contributed by atoms with Gasteiger partial charge in [-0.05, 0) is 26.4 Å². The lowest BCUT2D eigenvalue weighted by atomic mass is 9.86. The molecule has 3 atom stereocenters. The Morgan fingerprint density at radius 1 is 1.09 bits per heavy atom. The third kappa shape index (κ3) is 3.93. The van der Waals surface area contributed by atoms with Gasteiger partial charge in [-0.25, -0.2) is 17.8 Å². The van der Waals surface area contributed by atoms with Crippen molar-refractivity contribution < 1.29 is 22.7 Å². The van der Waals surface area contributed by atoms with Gasteiger partial charge in [0.05, 0.1) is 5.70 Å². The van der Waals surface area contributed by atoms with Crippen molar-refractivity contribution in [2.75, 3.05) is 12.9 Å². The molecule has 2 aromatic heterocycles. The Morgan fingerprint density at radius 2 is 1.68 bits per heavy atom. The second-order valence-electron chi connectivity index (χ2n) is 8.71. The smallest absolute Gasteiger partial charge is 0.260 e. The molecule has 0 saturated carbocycles. The summed E-state index contributed by atoms with van der Waals surface area (Å²) in [6.07, 6.45) is -1.20. The first-order valence-electron chi connectivity index (χ1n) is 10.00. The van der Waals surface area contributed by atoms with Gasteiger partial charge in [0.1, 0.15) is 4.58 Å². The Bertz CT molecular complexity index is 1280. The van der Waals surface area contributed by atoms with Crippen LogP contribution in [-0.4, -0.2) is 94.3 Å². The molecule has 0 bridgehead atoms. The van der Waals surface area contributed by atoms with Crippen molar-refractivity contribution in [1.29, 1.82) is 0 Å². The maximum Gasteiger partial charge on any atom is 0.260 e. The highest BCUT2D eigenvalue weighted by molar-refractivity contribution is 8.14. The minimum absolute atomic E-state index is 0.0433. The molecule has 2 aliphatic heterocycles. The van der Waals surface area contributed by atoms with Crippen molar-refractivity contribution in [1.82, 2.24) is 45.3 Å². The summed E-state index contributed by atoms with van der Waals surface area (Å²) in [4.78, 5) is 27.6. The van der Waals surface area contributed by atoms with Crippen LogP contribution < -0.4 is 0 Å². The first kappa shape index (κ1) is 24.7. The number of aryl methyl sites for hydroxylation is 2. The molecule has 17 heteroatoms. The zero-order valence-electron chi connectivity index (χ0n) is 19.2. The van der Waals surface area contributed by atoms with Gasteiger partial charge in [0.25, 0.3) is 5.91 Å². The number of Topliss-reactive ketones (excluding diaryl/α,β-unsaturated/α-hetero) is 1. The first-order chi connectivity index (χ1) is 15.9. The highest BCUT2D eigenvalue weighted by Crippen LogP contribution is 2.48. The van der Waals surface area contributed by atoms with Crippen LogP contribution in [0.2, 0.25) is 0 Å². The minimum atomic E-state index is -4.06. The van der Waals surface area contributed by atoms with Gasteiger partial charge in [-0.1, -0.05) is 44.3 Å². The highest BCUT2D eigenvalue weighted by atomic mass is 32.3. The first-order valence-corrected chi connectivity index (χ1v) is 13.5. The predicted octanol–water partition coefficient (Wildman–Crippen LogP) is -0.575. The summed E-state index contributed by atoms with van der Waals surface area (Å²) in [5, 5.41) is 21.9. The third-order valence-electron chi connectivity index (χ3n) is 5.34. The number of hydrogen-bond donors (Lipinski definition) is 0. The number of ketones is 1. The fourth-order valence-corrected chi connectivity index (χ4v) is 8.56. The van der Waals surface area contributed by atoms with E-state index in [1.165, 1.54) is 16.5 Å². The van der Waals surface area contributed by atoms with Crippen molar-refractivity contribution in [2.24, 2.45) is 19.5 Å².